The summed E-state index contributed by atoms with van der Waals surface area (Å²) in [4.78, 5) is 24.5. The molecular weight excluding hydrogens is 412 g/mol. The Morgan fingerprint density at radius 3 is 2.65 bits per heavy atom. The third-order valence-corrected chi connectivity index (χ3v) is 5.89. The van der Waals surface area contributed by atoms with Crippen molar-refractivity contribution < 1.29 is 9.21 Å². The Bertz CT molecular complexity index is 1250. The van der Waals surface area contributed by atoms with E-state index in [1.807, 2.05) is 42.5 Å². The average molecular weight is 435 g/mol. The predicted molar refractivity (Wildman–Crippen MR) is 123 cm³/mol. The largest absolute Gasteiger partial charge is 0.450 e. The molecule has 0 atom stereocenters. The van der Waals surface area contributed by atoms with Gasteiger partial charge in [-0.3, -0.25) is 4.79 Å². The van der Waals surface area contributed by atoms with Crippen molar-refractivity contribution in [1.82, 2.24) is 15.3 Å². The highest BCUT2D eigenvalue weighted by Gasteiger charge is 2.23. The molecule has 1 fully saturated rings. The maximum Gasteiger partial charge on any atom is 0.289 e. The van der Waals surface area contributed by atoms with Gasteiger partial charge in [-0.25, -0.2) is 9.97 Å². The summed E-state index contributed by atoms with van der Waals surface area (Å²) in [5, 5.41) is 4.44. The van der Waals surface area contributed by atoms with Crippen LogP contribution in [-0.2, 0) is 6.54 Å². The van der Waals surface area contributed by atoms with Crippen molar-refractivity contribution in [1.29, 1.82) is 0 Å². The molecule has 1 aliphatic heterocycles. The first-order valence-corrected chi connectivity index (χ1v) is 11.0. The zero-order chi connectivity index (χ0) is 21.2. The van der Waals surface area contributed by atoms with Crippen LogP contribution in [0, 0.1) is 0 Å². The van der Waals surface area contributed by atoms with Crippen molar-refractivity contribution in [3.63, 3.8) is 0 Å². The highest BCUT2D eigenvalue weighted by Crippen LogP contribution is 2.33. The van der Waals surface area contributed by atoms with E-state index in [4.69, 9.17) is 16.0 Å². The van der Waals surface area contributed by atoms with E-state index in [2.05, 4.69) is 20.2 Å². The normalized spacial score (nSPS) is 14.7. The fourth-order valence-electron chi connectivity index (χ4n) is 4.08. The van der Waals surface area contributed by atoms with Gasteiger partial charge in [-0.15, -0.1) is 0 Å². The third-order valence-electron chi connectivity index (χ3n) is 5.65. The number of benzene rings is 2. The second kappa shape index (κ2) is 8.55. The predicted octanol–water partition coefficient (Wildman–Crippen LogP) is 5.34. The molecule has 4 aromatic rings. The molecule has 3 heterocycles. The molecule has 7 heteroatoms. The van der Waals surface area contributed by atoms with Crippen molar-refractivity contribution in [2.24, 2.45) is 0 Å². The van der Waals surface area contributed by atoms with Crippen LogP contribution in [0.25, 0.3) is 22.1 Å². The summed E-state index contributed by atoms with van der Waals surface area (Å²) in [6, 6.07) is 15.2. The Kier molecular flexibility index (Phi) is 5.47. The first-order valence-electron chi connectivity index (χ1n) is 10.7. The van der Waals surface area contributed by atoms with E-state index in [1.54, 1.807) is 6.07 Å². The Morgan fingerprint density at radius 1 is 1.03 bits per heavy atom. The SMILES string of the molecule is O=C(NCc1cccc(Cl)c1)c1nc(N2CCCCCC2)c2oc3ccccc3c2n1. The monoisotopic (exact) mass is 434 g/mol. The molecule has 0 bridgehead atoms. The lowest BCUT2D eigenvalue weighted by atomic mass is 10.2. The molecule has 0 spiro atoms. The molecule has 0 radical (unpaired) electrons. The molecule has 5 rings (SSSR count). The number of hydrogen-bond acceptors (Lipinski definition) is 5. The molecule has 1 saturated heterocycles. The van der Waals surface area contributed by atoms with Gasteiger partial charge in [0.25, 0.3) is 5.91 Å². The van der Waals surface area contributed by atoms with E-state index in [9.17, 15) is 4.79 Å². The van der Waals surface area contributed by atoms with Crippen LogP contribution in [0.3, 0.4) is 0 Å². The summed E-state index contributed by atoms with van der Waals surface area (Å²) in [5.74, 6) is 0.541. The van der Waals surface area contributed by atoms with Crippen molar-refractivity contribution in [3.05, 3.63) is 64.9 Å². The fraction of sp³-hybridized carbons (Fsp3) is 0.292. The Balaban J connectivity index is 1.54. The van der Waals surface area contributed by atoms with Gasteiger partial charge in [0, 0.05) is 30.0 Å². The van der Waals surface area contributed by atoms with Gasteiger partial charge >= 0.3 is 0 Å². The number of nitrogens with one attached hydrogen (secondary N) is 1. The molecule has 1 N–H and O–H groups in total. The number of halogens is 1. The number of amides is 1. The van der Waals surface area contributed by atoms with Crippen molar-refractivity contribution in [3.8, 4) is 0 Å². The van der Waals surface area contributed by atoms with Crippen LogP contribution < -0.4 is 10.2 Å². The Hall–Kier alpha value is -3.12. The lowest BCUT2D eigenvalue weighted by Gasteiger charge is -2.21. The first-order chi connectivity index (χ1) is 15.2. The van der Waals surface area contributed by atoms with E-state index < -0.39 is 0 Å². The van der Waals surface area contributed by atoms with Gasteiger partial charge in [-0.2, -0.15) is 0 Å². The number of para-hydroxylation sites is 1. The zero-order valence-electron chi connectivity index (χ0n) is 17.1. The maximum atomic E-state index is 13.0. The van der Waals surface area contributed by atoms with Gasteiger partial charge < -0.3 is 14.6 Å². The van der Waals surface area contributed by atoms with Crippen LogP contribution >= 0.6 is 11.6 Å². The molecule has 2 aromatic heterocycles. The van der Waals surface area contributed by atoms with Crippen molar-refractivity contribution in [2.45, 2.75) is 32.2 Å². The topological polar surface area (TPSA) is 71.3 Å². The first kappa shape index (κ1) is 19.8. The maximum absolute atomic E-state index is 13.0. The number of carbonyl (C=O) groups excluding carboxylic acids is 1. The molecule has 1 amide bonds. The molecule has 2 aromatic carbocycles. The van der Waals surface area contributed by atoms with Crippen molar-refractivity contribution in [2.75, 3.05) is 18.0 Å². The zero-order valence-corrected chi connectivity index (χ0v) is 17.9. The lowest BCUT2D eigenvalue weighted by molar-refractivity contribution is 0.0941. The fourth-order valence-corrected chi connectivity index (χ4v) is 4.30. The van der Waals surface area contributed by atoms with Gasteiger partial charge in [0.05, 0.1) is 0 Å². The minimum atomic E-state index is -0.316. The number of fused-ring (bicyclic) bond motifs is 3. The second-order valence-electron chi connectivity index (χ2n) is 7.86. The summed E-state index contributed by atoms with van der Waals surface area (Å²) in [7, 11) is 0. The molecular formula is C24H23ClN4O2. The van der Waals surface area contributed by atoms with Crippen LogP contribution in [0.5, 0.6) is 0 Å². The molecule has 0 unspecified atom stereocenters. The summed E-state index contributed by atoms with van der Waals surface area (Å²) < 4.78 is 6.14. The second-order valence-corrected chi connectivity index (χ2v) is 8.30. The van der Waals surface area contributed by atoms with Crippen LogP contribution in [0.4, 0.5) is 5.82 Å². The number of anilines is 1. The molecule has 0 aliphatic carbocycles. The minimum absolute atomic E-state index is 0.153. The Morgan fingerprint density at radius 2 is 1.84 bits per heavy atom. The van der Waals surface area contributed by atoms with Gasteiger partial charge in [-0.1, -0.05) is 48.7 Å². The average Bonchev–Trinajstić information content (AvgIpc) is 2.95. The van der Waals surface area contributed by atoms with Gasteiger partial charge in [0.1, 0.15) is 11.1 Å². The summed E-state index contributed by atoms with van der Waals surface area (Å²) in [6.07, 6.45) is 4.61. The van der Waals surface area contributed by atoms with Gasteiger partial charge in [0.15, 0.2) is 11.4 Å². The van der Waals surface area contributed by atoms with Gasteiger partial charge in [-0.05, 0) is 42.7 Å². The van der Waals surface area contributed by atoms with E-state index in [0.717, 1.165) is 42.5 Å². The van der Waals surface area contributed by atoms with Crippen LogP contribution in [0.2, 0.25) is 5.02 Å². The number of carbonyl (C=O) groups is 1. The third kappa shape index (κ3) is 4.08. The summed E-state index contributed by atoms with van der Waals surface area (Å²) >= 11 is 6.05. The van der Waals surface area contributed by atoms with E-state index in [1.165, 1.54) is 12.8 Å². The quantitative estimate of drug-likeness (QED) is 0.469. The van der Waals surface area contributed by atoms with Crippen LogP contribution in [0.1, 0.15) is 41.9 Å². The standard InChI is InChI=1S/C24H23ClN4O2/c25-17-9-7-8-16(14-17)15-26-24(30)22-27-20-18-10-3-4-11-19(18)31-21(20)23(28-22)29-12-5-1-2-6-13-29/h3-4,7-11,14H,1-2,5-6,12-13,15H2,(H,26,30). The van der Waals surface area contributed by atoms with Crippen molar-refractivity contribution >= 4 is 45.4 Å². The molecule has 0 saturated carbocycles. The van der Waals surface area contributed by atoms with E-state index >= 15 is 0 Å². The van der Waals surface area contributed by atoms with Crippen LogP contribution in [-0.4, -0.2) is 29.0 Å². The number of rotatable bonds is 4. The lowest BCUT2D eigenvalue weighted by Crippen LogP contribution is -2.29. The summed E-state index contributed by atoms with van der Waals surface area (Å²) in [6.45, 7) is 2.14. The number of aromatic nitrogens is 2. The highest BCUT2D eigenvalue weighted by molar-refractivity contribution is 6.30. The minimum Gasteiger partial charge on any atom is -0.450 e. The highest BCUT2D eigenvalue weighted by atomic mass is 35.5. The summed E-state index contributed by atoms with van der Waals surface area (Å²) in [5.41, 5.74) is 3.00. The molecule has 158 valence electrons. The Labute approximate surface area is 185 Å². The van der Waals surface area contributed by atoms with Crippen LogP contribution in [0.15, 0.2) is 52.9 Å². The van der Waals surface area contributed by atoms with E-state index in [-0.39, 0.29) is 11.7 Å². The molecule has 31 heavy (non-hydrogen) atoms. The number of furan rings is 1. The molecule has 6 nitrogen and oxygen atoms in total. The smallest absolute Gasteiger partial charge is 0.289 e. The van der Waals surface area contributed by atoms with Gasteiger partial charge in [0.2, 0.25) is 5.82 Å². The molecule has 1 aliphatic rings. The van der Waals surface area contributed by atoms with E-state index in [0.29, 0.717) is 28.5 Å². The number of hydrogen-bond donors (Lipinski definition) is 1. The number of nitrogens with zero attached hydrogens (tertiary/aromatic N) is 3.